The maximum atomic E-state index is 12.9. The van der Waals surface area contributed by atoms with Crippen molar-refractivity contribution in [3.8, 4) is 0 Å². The Balaban J connectivity index is 3.20. The van der Waals surface area contributed by atoms with Gasteiger partial charge in [-0.15, -0.1) is 0 Å². The summed E-state index contributed by atoms with van der Waals surface area (Å²) in [6.07, 6.45) is 0. The average Bonchev–Trinajstić information content (AvgIpc) is 2.02. The van der Waals surface area contributed by atoms with Crippen LogP contribution in [0.15, 0.2) is 12.1 Å². The van der Waals surface area contributed by atoms with E-state index in [-0.39, 0.29) is 12.1 Å². The predicted octanol–water partition coefficient (Wildman–Crippen LogP) is 1.06. The molecule has 2 nitrogen and oxygen atoms in total. The second kappa shape index (κ2) is 3.76. The zero-order valence-corrected chi connectivity index (χ0v) is 6.73. The first-order valence-electron chi connectivity index (χ1n) is 3.66. The zero-order chi connectivity index (χ0) is 10.0. The number of halogens is 3. The summed E-state index contributed by atoms with van der Waals surface area (Å²) in [5, 5.41) is 0. The van der Waals surface area contributed by atoms with E-state index in [9.17, 15) is 13.2 Å². The molecule has 5 heteroatoms. The Bertz CT molecular complexity index is 291. The Morgan fingerprint density at radius 3 is 2.00 bits per heavy atom. The van der Waals surface area contributed by atoms with E-state index in [2.05, 4.69) is 0 Å². The van der Waals surface area contributed by atoms with Gasteiger partial charge in [-0.1, -0.05) is 0 Å². The van der Waals surface area contributed by atoms with Gasteiger partial charge in [0, 0.05) is 30.3 Å². The summed E-state index contributed by atoms with van der Waals surface area (Å²) in [7, 11) is 0. The van der Waals surface area contributed by atoms with Gasteiger partial charge in [0.15, 0.2) is 0 Å². The molecule has 0 saturated carbocycles. The van der Waals surface area contributed by atoms with Crippen LogP contribution in [0.25, 0.3) is 0 Å². The Morgan fingerprint density at radius 1 is 1.15 bits per heavy atom. The number of hydrogen-bond donors (Lipinski definition) is 2. The molecule has 0 aromatic heterocycles. The maximum Gasteiger partial charge on any atom is 0.133 e. The van der Waals surface area contributed by atoms with E-state index in [0.717, 1.165) is 0 Å². The molecular formula is C8H9F3N2. The topological polar surface area (TPSA) is 52.0 Å². The Morgan fingerprint density at radius 2 is 1.62 bits per heavy atom. The Kier molecular flexibility index (Phi) is 2.90. The summed E-state index contributed by atoms with van der Waals surface area (Å²) < 4.78 is 38.3. The standard InChI is InChI=1S/C8H9F3N2/c9-4-1-5(10)8(6(11)2-4)7(13)3-12/h1-2,7H,3,12-13H2/t7-/m0/s1. The molecule has 0 aliphatic heterocycles. The van der Waals surface area contributed by atoms with Gasteiger partial charge in [-0.25, -0.2) is 13.2 Å². The summed E-state index contributed by atoms with van der Waals surface area (Å²) in [6, 6.07) is 0.211. The van der Waals surface area contributed by atoms with Gasteiger partial charge in [-0.2, -0.15) is 0 Å². The second-order valence-corrected chi connectivity index (χ2v) is 2.63. The van der Waals surface area contributed by atoms with Gasteiger partial charge >= 0.3 is 0 Å². The number of nitrogens with two attached hydrogens (primary N) is 2. The molecule has 1 atom stereocenters. The summed E-state index contributed by atoms with van der Waals surface area (Å²) in [5.74, 6) is -2.98. The van der Waals surface area contributed by atoms with Crippen molar-refractivity contribution in [2.45, 2.75) is 6.04 Å². The molecule has 0 aliphatic carbocycles. The molecule has 0 heterocycles. The average molecular weight is 190 g/mol. The van der Waals surface area contributed by atoms with Crippen molar-refractivity contribution in [1.82, 2.24) is 0 Å². The lowest BCUT2D eigenvalue weighted by molar-refractivity contribution is 0.504. The van der Waals surface area contributed by atoms with E-state index in [1.165, 1.54) is 0 Å². The summed E-state index contributed by atoms with van der Waals surface area (Å²) >= 11 is 0. The zero-order valence-electron chi connectivity index (χ0n) is 6.73. The number of benzene rings is 1. The third-order valence-corrected chi connectivity index (χ3v) is 1.67. The van der Waals surface area contributed by atoms with Gasteiger partial charge in [0.05, 0.1) is 0 Å². The highest BCUT2D eigenvalue weighted by Crippen LogP contribution is 2.19. The molecule has 0 aliphatic rings. The fourth-order valence-electron chi connectivity index (χ4n) is 1.03. The minimum atomic E-state index is -1.00. The largest absolute Gasteiger partial charge is 0.329 e. The molecule has 0 fully saturated rings. The van der Waals surface area contributed by atoms with Crippen molar-refractivity contribution in [2.24, 2.45) is 11.5 Å². The van der Waals surface area contributed by atoms with Gasteiger partial charge in [0.1, 0.15) is 17.5 Å². The first kappa shape index (κ1) is 10.0. The number of hydrogen-bond acceptors (Lipinski definition) is 2. The van der Waals surface area contributed by atoms with Crippen LogP contribution in [-0.4, -0.2) is 6.54 Å². The fraction of sp³-hybridized carbons (Fsp3) is 0.250. The van der Waals surface area contributed by atoms with Crippen LogP contribution in [-0.2, 0) is 0 Å². The Hall–Kier alpha value is -1.07. The molecule has 0 spiro atoms. The van der Waals surface area contributed by atoms with Crippen molar-refractivity contribution >= 4 is 0 Å². The van der Waals surface area contributed by atoms with Crippen LogP contribution in [0.5, 0.6) is 0 Å². The monoisotopic (exact) mass is 190 g/mol. The minimum Gasteiger partial charge on any atom is -0.329 e. The lowest BCUT2D eigenvalue weighted by Crippen LogP contribution is -2.23. The van der Waals surface area contributed by atoms with E-state index in [4.69, 9.17) is 11.5 Å². The van der Waals surface area contributed by atoms with E-state index >= 15 is 0 Å². The summed E-state index contributed by atoms with van der Waals surface area (Å²) in [6.45, 7) is -0.0977. The van der Waals surface area contributed by atoms with Crippen LogP contribution in [0.4, 0.5) is 13.2 Å². The summed E-state index contributed by atoms with van der Waals surface area (Å²) in [5.41, 5.74) is 10.1. The van der Waals surface area contributed by atoms with Crippen LogP contribution < -0.4 is 11.5 Å². The van der Waals surface area contributed by atoms with Crippen LogP contribution >= 0.6 is 0 Å². The van der Waals surface area contributed by atoms with E-state index in [1.807, 2.05) is 0 Å². The van der Waals surface area contributed by atoms with Crippen molar-refractivity contribution in [3.63, 3.8) is 0 Å². The van der Waals surface area contributed by atoms with Crippen LogP contribution in [0.1, 0.15) is 11.6 Å². The lowest BCUT2D eigenvalue weighted by Gasteiger charge is -2.11. The maximum absolute atomic E-state index is 12.9. The van der Waals surface area contributed by atoms with Gasteiger partial charge in [-0.3, -0.25) is 0 Å². The molecular weight excluding hydrogens is 181 g/mol. The second-order valence-electron chi connectivity index (χ2n) is 2.63. The predicted molar refractivity (Wildman–Crippen MR) is 42.3 cm³/mol. The molecule has 0 radical (unpaired) electrons. The van der Waals surface area contributed by atoms with Gasteiger partial charge in [-0.05, 0) is 0 Å². The van der Waals surface area contributed by atoms with Crippen LogP contribution in [0.2, 0.25) is 0 Å². The first-order valence-corrected chi connectivity index (χ1v) is 3.66. The van der Waals surface area contributed by atoms with E-state index in [0.29, 0.717) is 12.1 Å². The molecule has 0 unspecified atom stereocenters. The van der Waals surface area contributed by atoms with E-state index < -0.39 is 23.5 Å². The van der Waals surface area contributed by atoms with Gasteiger partial charge in [0.2, 0.25) is 0 Å². The van der Waals surface area contributed by atoms with Crippen LogP contribution in [0.3, 0.4) is 0 Å². The quantitative estimate of drug-likeness (QED) is 0.732. The first-order chi connectivity index (χ1) is 6.06. The highest BCUT2D eigenvalue weighted by atomic mass is 19.1. The molecule has 1 aromatic rings. The van der Waals surface area contributed by atoms with Gasteiger partial charge < -0.3 is 11.5 Å². The molecule has 4 N–H and O–H groups in total. The Labute approximate surface area is 73.3 Å². The molecule has 0 amide bonds. The molecule has 13 heavy (non-hydrogen) atoms. The van der Waals surface area contributed by atoms with Crippen LogP contribution in [0, 0.1) is 17.5 Å². The SMILES string of the molecule is NC[C@H](N)c1c(F)cc(F)cc1F. The van der Waals surface area contributed by atoms with Crippen molar-refractivity contribution in [1.29, 1.82) is 0 Å². The normalized spacial score (nSPS) is 13.0. The minimum absolute atomic E-state index is 0.0977. The third kappa shape index (κ3) is 1.99. The molecule has 72 valence electrons. The molecule has 0 saturated heterocycles. The highest BCUT2D eigenvalue weighted by molar-refractivity contribution is 5.24. The van der Waals surface area contributed by atoms with Crippen molar-refractivity contribution in [3.05, 3.63) is 35.1 Å². The summed E-state index contributed by atoms with van der Waals surface area (Å²) in [4.78, 5) is 0. The molecule has 1 aromatic carbocycles. The molecule has 1 rings (SSSR count). The number of rotatable bonds is 2. The molecule has 0 bridgehead atoms. The van der Waals surface area contributed by atoms with Crippen molar-refractivity contribution < 1.29 is 13.2 Å². The van der Waals surface area contributed by atoms with E-state index in [1.54, 1.807) is 0 Å². The highest BCUT2D eigenvalue weighted by Gasteiger charge is 2.16. The van der Waals surface area contributed by atoms with Crippen molar-refractivity contribution in [2.75, 3.05) is 6.54 Å². The fourth-order valence-corrected chi connectivity index (χ4v) is 1.03. The van der Waals surface area contributed by atoms with Gasteiger partial charge in [0.25, 0.3) is 0 Å². The lowest BCUT2D eigenvalue weighted by atomic mass is 10.1. The third-order valence-electron chi connectivity index (χ3n) is 1.67. The smallest absolute Gasteiger partial charge is 0.133 e.